The molecule has 1 saturated carbocycles. The summed E-state index contributed by atoms with van der Waals surface area (Å²) in [4.78, 5) is 0. The summed E-state index contributed by atoms with van der Waals surface area (Å²) in [5.74, 6) is 0.724. The minimum atomic E-state index is 0.190. The van der Waals surface area contributed by atoms with Crippen LogP contribution in [0.5, 0.6) is 0 Å². The number of nitriles is 1. The summed E-state index contributed by atoms with van der Waals surface area (Å²) in [5, 5.41) is 12.9. The summed E-state index contributed by atoms with van der Waals surface area (Å²) in [5.41, 5.74) is 1.33. The third-order valence-corrected chi connectivity index (χ3v) is 3.90. The molecule has 3 atom stereocenters. The number of nitrogens with one attached hydrogen (secondary N) is 1. The normalized spacial score (nSPS) is 25.0. The van der Waals surface area contributed by atoms with Crippen LogP contribution >= 0.6 is 0 Å². The van der Waals surface area contributed by atoms with E-state index >= 15 is 0 Å². The van der Waals surface area contributed by atoms with Gasteiger partial charge in [0.05, 0.1) is 12.0 Å². The van der Waals surface area contributed by atoms with Crippen LogP contribution in [0, 0.1) is 23.2 Å². The lowest BCUT2D eigenvalue weighted by Gasteiger charge is -2.28. The van der Waals surface area contributed by atoms with Crippen LogP contribution in [0.1, 0.15) is 44.7 Å². The lowest BCUT2D eigenvalue weighted by Crippen LogP contribution is -2.37. The van der Waals surface area contributed by atoms with Crippen LogP contribution in [0.3, 0.4) is 0 Å². The second kappa shape index (κ2) is 6.02. The highest BCUT2D eigenvalue weighted by molar-refractivity contribution is 5.20. The molecule has 2 rings (SSSR count). The van der Waals surface area contributed by atoms with Gasteiger partial charge in [-0.2, -0.15) is 5.26 Å². The minimum Gasteiger partial charge on any atom is -0.306 e. The predicted molar refractivity (Wildman–Crippen MR) is 73.9 cm³/mol. The zero-order valence-electron chi connectivity index (χ0n) is 11.3. The van der Waals surface area contributed by atoms with Crippen LogP contribution in [0.2, 0.25) is 0 Å². The first kappa shape index (κ1) is 13.1. The van der Waals surface area contributed by atoms with Gasteiger partial charge < -0.3 is 5.32 Å². The molecule has 2 nitrogen and oxygen atoms in total. The second-order valence-electron chi connectivity index (χ2n) is 5.57. The van der Waals surface area contributed by atoms with Crippen LogP contribution in [0.25, 0.3) is 0 Å². The van der Waals surface area contributed by atoms with Gasteiger partial charge in [0.2, 0.25) is 0 Å². The maximum Gasteiger partial charge on any atom is 0.0672 e. The molecule has 1 aliphatic carbocycles. The van der Waals surface area contributed by atoms with Gasteiger partial charge in [-0.25, -0.2) is 0 Å². The fraction of sp³-hybridized carbons (Fsp3) is 0.562. The van der Waals surface area contributed by atoms with E-state index in [2.05, 4.69) is 55.6 Å². The molecule has 0 spiro atoms. The van der Waals surface area contributed by atoms with E-state index in [-0.39, 0.29) is 5.92 Å². The molecule has 0 aliphatic heterocycles. The molecular weight excluding hydrogens is 220 g/mol. The summed E-state index contributed by atoms with van der Waals surface area (Å²) in [7, 11) is 0. The van der Waals surface area contributed by atoms with E-state index in [1.807, 2.05) is 0 Å². The first-order valence-corrected chi connectivity index (χ1v) is 6.93. The predicted octanol–water partition coefficient (Wildman–Crippen LogP) is 3.67. The van der Waals surface area contributed by atoms with E-state index in [1.54, 1.807) is 0 Å². The third-order valence-electron chi connectivity index (χ3n) is 3.90. The van der Waals surface area contributed by atoms with Gasteiger partial charge in [0.25, 0.3) is 0 Å². The molecule has 1 N–H and O–H groups in total. The molecule has 0 heterocycles. The van der Waals surface area contributed by atoms with Gasteiger partial charge in [-0.05, 0) is 24.3 Å². The van der Waals surface area contributed by atoms with Crippen molar-refractivity contribution in [2.45, 2.75) is 45.2 Å². The molecule has 1 fully saturated rings. The molecule has 0 amide bonds. The Morgan fingerprint density at radius 2 is 1.94 bits per heavy atom. The number of rotatable bonds is 4. The van der Waals surface area contributed by atoms with Crippen LogP contribution in [0.15, 0.2) is 30.3 Å². The summed E-state index contributed by atoms with van der Waals surface area (Å²) in [6.45, 7) is 4.47. The molecule has 18 heavy (non-hydrogen) atoms. The van der Waals surface area contributed by atoms with Crippen LogP contribution in [-0.2, 0) is 0 Å². The number of hydrogen-bond acceptors (Lipinski definition) is 2. The average molecular weight is 242 g/mol. The molecule has 3 unspecified atom stereocenters. The molecule has 0 radical (unpaired) electrons. The van der Waals surface area contributed by atoms with E-state index in [1.165, 1.54) is 12.0 Å². The number of benzene rings is 1. The summed E-state index contributed by atoms with van der Waals surface area (Å²) in [6.07, 6.45) is 3.36. The lowest BCUT2D eigenvalue weighted by atomic mass is 9.93. The molecule has 1 aromatic carbocycles. The van der Waals surface area contributed by atoms with E-state index in [0.717, 1.165) is 12.8 Å². The molecule has 0 aromatic heterocycles. The highest BCUT2D eigenvalue weighted by Crippen LogP contribution is 2.30. The minimum absolute atomic E-state index is 0.190. The SMILES string of the molecule is CC(C)C(NC1CCCC1C#N)c1ccccc1. The van der Waals surface area contributed by atoms with E-state index in [9.17, 15) is 0 Å². The third kappa shape index (κ3) is 2.91. The van der Waals surface area contributed by atoms with Crippen molar-refractivity contribution >= 4 is 0 Å². The lowest BCUT2D eigenvalue weighted by molar-refractivity contribution is 0.338. The molecular formula is C16H22N2. The number of hydrogen-bond donors (Lipinski definition) is 1. The van der Waals surface area contributed by atoms with Crippen molar-refractivity contribution in [3.05, 3.63) is 35.9 Å². The summed E-state index contributed by atoms with van der Waals surface area (Å²) >= 11 is 0. The summed E-state index contributed by atoms with van der Waals surface area (Å²) < 4.78 is 0. The van der Waals surface area contributed by atoms with Crippen LogP contribution in [0.4, 0.5) is 0 Å². The van der Waals surface area contributed by atoms with Crippen molar-refractivity contribution in [1.29, 1.82) is 5.26 Å². The fourth-order valence-corrected chi connectivity index (χ4v) is 2.88. The second-order valence-corrected chi connectivity index (χ2v) is 5.57. The van der Waals surface area contributed by atoms with Gasteiger partial charge in [-0.1, -0.05) is 50.6 Å². The van der Waals surface area contributed by atoms with Gasteiger partial charge in [-0.3, -0.25) is 0 Å². The molecule has 2 heteroatoms. The summed E-state index contributed by atoms with van der Waals surface area (Å²) in [6, 6.07) is 13.7. The molecule has 96 valence electrons. The monoisotopic (exact) mass is 242 g/mol. The number of nitrogens with zero attached hydrogens (tertiary/aromatic N) is 1. The van der Waals surface area contributed by atoms with Crippen molar-refractivity contribution in [3.63, 3.8) is 0 Å². The Morgan fingerprint density at radius 1 is 1.22 bits per heavy atom. The van der Waals surface area contributed by atoms with Crippen molar-refractivity contribution in [2.75, 3.05) is 0 Å². The highest BCUT2D eigenvalue weighted by Gasteiger charge is 2.30. The van der Waals surface area contributed by atoms with E-state index in [0.29, 0.717) is 18.0 Å². The average Bonchev–Trinajstić information content (AvgIpc) is 2.83. The Hall–Kier alpha value is -1.33. The van der Waals surface area contributed by atoms with Crippen molar-refractivity contribution < 1.29 is 0 Å². The maximum absolute atomic E-state index is 9.17. The largest absolute Gasteiger partial charge is 0.306 e. The molecule has 1 aromatic rings. The Labute approximate surface area is 110 Å². The molecule has 1 aliphatic rings. The van der Waals surface area contributed by atoms with Gasteiger partial charge in [0, 0.05) is 12.1 Å². The van der Waals surface area contributed by atoms with Crippen LogP contribution in [-0.4, -0.2) is 6.04 Å². The topological polar surface area (TPSA) is 35.8 Å². The van der Waals surface area contributed by atoms with Gasteiger partial charge >= 0.3 is 0 Å². The smallest absolute Gasteiger partial charge is 0.0672 e. The van der Waals surface area contributed by atoms with Crippen LogP contribution < -0.4 is 5.32 Å². The van der Waals surface area contributed by atoms with Gasteiger partial charge in [0.1, 0.15) is 0 Å². The first-order chi connectivity index (χ1) is 8.72. The quantitative estimate of drug-likeness (QED) is 0.874. The van der Waals surface area contributed by atoms with E-state index in [4.69, 9.17) is 5.26 Å². The van der Waals surface area contributed by atoms with Crippen molar-refractivity contribution in [3.8, 4) is 6.07 Å². The standard InChI is InChI=1S/C16H22N2/c1-12(2)16(13-7-4-3-5-8-13)18-15-10-6-9-14(15)11-17/h3-5,7-8,12,14-16,18H,6,9-10H2,1-2H3. The Kier molecular flexibility index (Phi) is 4.38. The highest BCUT2D eigenvalue weighted by atomic mass is 15.0. The van der Waals surface area contributed by atoms with Gasteiger partial charge in [-0.15, -0.1) is 0 Å². The van der Waals surface area contributed by atoms with E-state index < -0.39 is 0 Å². The van der Waals surface area contributed by atoms with Crippen molar-refractivity contribution in [1.82, 2.24) is 5.32 Å². The maximum atomic E-state index is 9.17. The first-order valence-electron chi connectivity index (χ1n) is 6.93. The van der Waals surface area contributed by atoms with Gasteiger partial charge in [0.15, 0.2) is 0 Å². The zero-order chi connectivity index (χ0) is 13.0. The Morgan fingerprint density at radius 3 is 2.56 bits per heavy atom. The zero-order valence-corrected chi connectivity index (χ0v) is 11.3. The van der Waals surface area contributed by atoms with Crippen molar-refractivity contribution in [2.24, 2.45) is 11.8 Å². The molecule has 0 bridgehead atoms. The molecule has 0 saturated heterocycles. The Bertz CT molecular complexity index is 405. The Balaban J connectivity index is 2.10. The fourth-order valence-electron chi connectivity index (χ4n) is 2.88.